The fourth-order valence-corrected chi connectivity index (χ4v) is 3.33. The summed E-state index contributed by atoms with van der Waals surface area (Å²) in [6, 6.07) is 10.5. The predicted octanol–water partition coefficient (Wildman–Crippen LogP) is 3.66. The molecule has 0 amide bonds. The number of fused-ring (bicyclic) bond motifs is 1. The van der Waals surface area contributed by atoms with Crippen LogP contribution in [-0.2, 0) is 0 Å². The first-order valence-electron chi connectivity index (χ1n) is 5.43. The zero-order valence-electron chi connectivity index (χ0n) is 9.75. The molecule has 0 aliphatic heterocycles. The summed E-state index contributed by atoms with van der Waals surface area (Å²) in [5.74, 6) is 0.316. The number of aromatic nitrogens is 2. The molecule has 0 spiro atoms. The van der Waals surface area contributed by atoms with Crippen LogP contribution >= 0.6 is 23.1 Å². The van der Waals surface area contributed by atoms with E-state index in [1.54, 1.807) is 29.3 Å². The number of thiophene rings is 1. The van der Waals surface area contributed by atoms with Crippen LogP contribution in [0.1, 0.15) is 0 Å². The molecule has 5 heteroatoms. The molecule has 0 aliphatic rings. The van der Waals surface area contributed by atoms with Gasteiger partial charge in [0.05, 0.1) is 9.73 Å². The summed E-state index contributed by atoms with van der Waals surface area (Å²) in [5, 5.41) is 1.01. The first-order chi connectivity index (χ1) is 8.76. The maximum atomic E-state index is 5.57. The standard InChI is InChI=1S/C13H11N3S2/c1-17-12-5-4-11(18-12)8-2-3-10-9(6-8)7-15-13(14)16-10/h2-7H,1H3,(H2,14,15,16). The van der Waals surface area contributed by atoms with Gasteiger partial charge >= 0.3 is 0 Å². The van der Waals surface area contributed by atoms with Gasteiger partial charge in [0.15, 0.2) is 0 Å². The van der Waals surface area contributed by atoms with Crippen LogP contribution in [0.5, 0.6) is 0 Å². The Labute approximate surface area is 113 Å². The fourth-order valence-electron chi connectivity index (χ4n) is 1.79. The molecule has 0 saturated heterocycles. The molecular weight excluding hydrogens is 262 g/mol. The van der Waals surface area contributed by atoms with E-state index in [-0.39, 0.29) is 0 Å². The van der Waals surface area contributed by atoms with Crippen LogP contribution in [0.4, 0.5) is 5.95 Å². The van der Waals surface area contributed by atoms with Crippen LogP contribution in [0, 0.1) is 0 Å². The number of anilines is 1. The van der Waals surface area contributed by atoms with Gasteiger partial charge in [-0.25, -0.2) is 9.97 Å². The van der Waals surface area contributed by atoms with Gasteiger partial charge in [0.1, 0.15) is 0 Å². The Bertz CT molecular complexity index is 706. The van der Waals surface area contributed by atoms with Crippen LogP contribution in [-0.4, -0.2) is 16.2 Å². The molecule has 2 N–H and O–H groups in total. The third kappa shape index (κ3) is 2.07. The molecule has 3 aromatic rings. The molecule has 2 aromatic heterocycles. The minimum Gasteiger partial charge on any atom is -0.368 e. The molecule has 0 unspecified atom stereocenters. The Balaban J connectivity index is 2.10. The number of nitrogen functional groups attached to an aromatic ring is 1. The SMILES string of the molecule is CSc1ccc(-c2ccc3nc(N)ncc3c2)s1. The summed E-state index contributed by atoms with van der Waals surface area (Å²) in [7, 11) is 0. The number of hydrogen-bond donors (Lipinski definition) is 1. The lowest BCUT2D eigenvalue weighted by atomic mass is 10.1. The van der Waals surface area contributed by atoms with Crippen molar-refractivity contribution in [3.63, 3.8) is 0 Å². The molecule has 2 heterocycles. The highest BCUT2D eigenvalue weighted by Gasteiger charge is 2.04. The second-order valence-electron chi connectivity index (χ2n) is 3.82. The van der Waals surface area contributed by atoms with E-state index in [1.807, 2.05) is 6.07 Å². The molecule has 0 radical (unpaired) electrons. The van der Waals surface area contributed by atoms with Crippen molar-refractivity contribution >= 4 is 39.9 Å². The van der Waals surface area contributed by atoms with Crippen LogP contribution in [0.15, 0.2) is 40.7 Å². The van der Waals surface area contributed by atoms with E-state index in [0.29, 0.717) is 5.95 Å². The third-order valence-electron chi connectivity index (χ3n) is 2.67. The molecule has 0 atom stereocenters. The summed E-state index contributed by atoms with van der Waals surface area (Å²) in [4.78, 5) is 9.49. The number of rotatable bonds is 2. The van der Waals surface area contributed by atoms with E-state index in [4.69, 9.17) is 5.73 Å². The van der Waals surface area contributed by atoms with Gasteiger partial charge in [-0.05, 0) is 36.1 Å². The highest BCUT2D eigenvalue weighted by molar-refractivity contribution is 8.00. The Morgan fingerprint density at radius 1 is 1.22 bits per heavy atom. The minimum absolute atomic E-state index is 0.316. The quantitative estimate of drug-likeness (QED) is 0.724. The van der Waals surface area contributed by atoms with E-state index in [2.05, 4.69) is 40.5 Å². The molecular formula is C13H11N3S2. The first kappa shape index (κ1) is 11.5. The summed E-state index contributed by atoms with van der Waals surface area (Å²) < 4.78 is 1.32. The number of thioether (sulfide) groups is 1. The summed E-state index contributed by atoms with van der Waals surface area (Å²) >= 11 is 3.56. The lowest BCUT2D eigenvalue weighted by molar-refractivity contribution is 1.24. The zero-order chi connectivity index (χ0) is 12.5. The molecule has 0 fully saturated rings. The average molecular weight is 273 g/mol. The number of hydrogen-bond acceptors (Lipinski definition) is 5. The van der Waals surface area contributed by atoms with Crippen molar-refractivity contribution in [3.8, 4) is 10.4 Å². The highest BCUT2D eigenvalue weighted by Crippen LogP contribution is 2.33. The van der Waals surface area contributed by atoms with Gasteiger partial charge in [-0.15, -0.1) is 23.1 Å². The summed E-state index contributed by atoms with van der Waals surface area (Å²) in [6.45, 7) is 0. The van der Waals surface area contributed by atoms with Crippen LogP contribution < -0.4 is 5.73 Å². The Kier molecular flexibility index (Phi) is 2.93. The van der Waals surface area contributed by atoms with Gasteiger partial charge in [0.2, 0.25) is 5.95 Å². The number of benzene rings is 1. The van der Waals surface area contributed by atoms with E-state index in [1.165, 1.54) is 14.6 Å². The average Bonchev–Trinajstić information content (AvgIpc) is 2.87. The molecule has 1 aromatic carbocycles. The topological polar surface area (TPSA) is 51.8 Å². The van der Waals surface area contributed by atoms with Crippen LogP contribution in [0.25, 0.3) is 21.3 Å². The third-order valence-corrected chi connectivity index (χ3v) is 4.88. The van der Waals surface area contributed by atoms with Gasteiger partial charge in [0.25, 0.3) is 0 Å². The van der Waals surface area contributed by atoms with Gasteiger partial charge in [-0.1, -0.05) is 6.07 Å². The van der Waals surface area contributed by atoms with E-state index < -0.39 is 0 Å². The number of nitrogens with zero attached hydrogens (tertiary/aromatic N) is 2. The Morgan fingerprint density at radius 2 is 2.11 bits per heavy atom. The minimum atomic E-state index is 0.316. The molecule has 3 rings (SSSR count). The van der Waals surface area contributed by atoms with E-state index in [0.717, 1.165) is 10.9 Å². The van der Waals surface area contributed by atoms with Crippen LogP contribution in [0.3, 0.4) is 0 Å². The second kappa shape index (κ2) is 4.59. The molecule has 3 nitrogen and oxygen atoms in total. The molecule has 90 valence electrons. The van der Waals surface area contributed by atoms with Crippen molar-refractivity contribution in [1.29, 1.82) is 0 Å². The normalized spacial score (nSPS) is 10.9. The van der Waals surface area contributed by atoms with Crippen molar-refractivity contribution < 1.29 is 0 Å². The highest BCUT2D eigenvalue weighted by atomic mass is 32.2. The van der Waals surface area contributed by atoms with Crippen molar-refractivity contribution in [2.45, 2.75) is 4.21 Å². The smallest absolute Gasteiger partial charge is 0.220 e. The summed E-state index contributed by atoms with van der Waals surface area (Å²) in [5.41, 5.74) is 7.65. The van der Waals surface area contributed by atoms with Gasteiger partial charge in [-0.2, -0.15) is 0 Å². The maximum Gasteiger partial charge on any atom is 0.220 e. The second-order valence-corrected chi connectivity index (χ2v) is 6.01. The van der Waals surface area contributed by atoms with Gasteiger partial charge < -0.3 is 5.73 Å². The van der Waals surface area contributed by atoms with E-state index >= 15 is 0 Å². The zero-order valence-corrected chi connectivity index (χ0v) is 11.4. The molecule has 0 saturated carbocycles. The van der Waals surface area contributed by atoms with Gasteiger partial charge in [0, 0.05) is 16.5 Å². The molecule has 18 heavy (non-hydrogen) atoms. The fraction of sp³-hybridized carbons (Fsp3) is 0.0769. The Hall–Kier alpha value is -1.59. The first-order valence-corrected chi connectivity index (χ1v) is 7.47. The maximum absolute atomic E-state index is 5.57. The van der Waals surface area contributed by atoms with Gasteiger partial charge in [-0.3, -0.25) is 0 Å². The predicted molar refractivity (Wildman–Crippen MR) is 79.0 cm³/mol. The number of nitrogens with two attached hydrogens (primary N) is 1. The van der Waals surface area contributed by atoms with Crippen molar-refractivity contribution in [2.24, 2.45) is 0 Å². The Morgan fingerprint density at radius 3 is 2.89 bits per heavy atom. The van der Waals surface area contributed by atoms with E-state index in [9.17, 15) is 0 Å². The van der Waals surface area contributed by atoms with Crippen LogP contribution in [0.2, 0.25) is 0 Å². The molecule has 0 bridgehead atoms. The largest absolute Gasteiger partial charge is 0.368 e. The van der Waals surface area contributed by atoms with Crippen molar-refractivity contribution in [2.75, 3.05) is 12.0 Å². The van der Waals surface area contributed by atoms with Crippen molar-refractivity contribution in [3.05, 3.63) is 36.5 Å². The lowest BCUT2D eigenvalue weighted by Crippen LogP contribution is -1.93. The van der Waals surface area contributed by atoms with Crippen molar-refractivity contribution in [1.82, 2.24) is 9.97 Å². The molecule has 0 aliphatic carbocycles. The monoisotopic (exact) mass is 273 g/mol. The lowest BCUT2D eigenvalue weighted by Gasteiger charge is -2.01. The summed E-state index contributed by atoms with van der Waals surface area (Å²) in [6.07, 6.45) is 3.86.